The Bertz CT molecular complexity index is 487. The van der Waals surface area contributed by atoms with Gasteiger partial charge >= 0.3 is 12.0 Å². The number of nitrogens with one attached hydrogen (secondary N) is 2. The number of rotatable bonds is 7. The van der Waals surface area contributed by atoms with Gasteiger partial charge in [-0.2, -0.15) is 0 Å². The SMILES string of the molecule is CCC(NC(=O)NC(=O)CC(C)CC(=O)O)c1cccs1. The predicted octanol–water partition coefficient (Wildman–Crippen LogP) is 2.53. The lowest BCUT2D eigenvalue weighted by Crippen LogP contribution is -2.41. The van der Waals surface area contributed by atoms with Gasteiger partial charge in [-0.3, -0.25) is 14.9 Å². The summed E-state index contributed by atoms with van der Waals surface area (Å²) in [5.41, 5.74) is 0. The summed E-state index contributed by atoms with van der Waals surface area (Å²) in [6.45, 7) is 3.60. The van der Waals surface area contributed by atoms with Crippen molar-refractivity contribution in [3.63, 3.8) is 0 Å². The summed E-state index contributed by atoms with van der Waals surface area (Å²) < 4.78 is 0. The first-order chi connectivity index (χ1) is 9.92. The Labute approximate surface area is 127 Å². The molecule has 0 bridgehead atoms. The van der Waals surface area contributed by atoms with Crippen LogP contribution in [0.4, 0.5) is 4.79 Å². The van der Waals surface area contributed by atoms with Crippen molar-refractivity contribution in [1.29, 1.82) is 0 Å². The largest absolute Gasteiger partial charge is 0.481 e. The Morgan fingerprint density at radius 2 is 2.05 bits per heavy atom. The van der Waals surface area contributed by atoms with Gasteiger partial charge in [0.25, 0.3) is 0 Å². The molecule has 1 aromatic rings. The van der Waals surface area contributed by atoms with Gasteiger partial charge in [-0.15, -0.1) is 11.3 Å². The highest BCUT2D eigenvalue weighted by atomic mass is 32.1. The Hall–Kier alpha value is -1.89. The molecular weight excluding hydrogens is 292 g/mol. The number of aliphatic carboxylic acids is 1. The van der Waals surface area contributed by atoms with Crippen LogP contribution < -0.4 is 10.6 Å². The van der Waals surface area contributed by atoms with Crippen LogP contribution in [0, 0.1) is 5.92 Å². The van der Waals surface area contributed by atoms with E-state index < -0.39 is 17.9 Å². The van der Waals surface area contributed by atoms with Gasteiger partial charge in [-0.25, -0.2) is 4.79 Å². The number of carboxylic acids is 1. The lowest BCUT2D eigenvalue weighted by atomic mass is 10.0. The number of thiophene rings is 1. The van der Waals surface area contributed by atoms with E-state index in [-0.39, 0.29) is 24.8 Å². The van der Waals surface area contributed by atoms with E-state index in [4.69, 9.17) is 5.11 Å². The van der Waals surface area contributed by atoms with Crippen LogP contribution >= 0.6 is 11.3 Å². The van der Waals surface area contributed by atoms with E-state index in [9.17, 15) is 14.4 Å². The molecule has 21 heavy (non-hydrogen) atoms. The molecular formula is C14H20N2O4S. The maximum atomic E-state index is 11.8. The van der Waals surface area contributed by atoms with Crippen LogP contribution in [0.15, 0.2) is 17.5 Å². The van der Waals surface area contributed by atoms with Crippen molar-refractivity contribution in [3.05, 3.63) is 22.4 Å². The van der Waals surface area contributed by atoms with Crippen molar-refractivity contribution < 1.29 is 19.5 Å². The van der Waals surface area contributed by atoms with E-state index in [1.165, 1.54) is 0 Å². The van der Waals surface area contributed by atoms with E-state index in [0.717, 1.165) is 11.3 Å². The fourth-order valence-corrected chi connectivity index (χ4v) is 2.78. The number of hydrogen-bond donors (Lipinski definition) is 3. The summed E-state index contributed by atoms with van der Waals surface area (Å²) in [4.78, 5) is 35.0. The van der Waals surface area contributed by atoms with Crippen LogP contribution in [0.3, 0.4) is 0 Å². The fraction of sp³-hybridized carbons (Fsp3) is 0.500. The number of carbonyl (C=O) groups is 3. The summed E-state index contributed by atoms with van der Waals surface area (Å²) in [6.07, 6.45) is 0.634. The zero-order valence-corrected chi connectivity index (χ0v) is 12.9. The third-order valence-electron chi connectivity index (χ3n) is 2.91. The smallest absolute Gasteiger partial charge is 0.321 e. The molecule has 7 heteroatoms. The molecule has 2 atom stereocenters. The van der Waals surface area contributed by atoms with Crippen LogP contribution in [0.5, 0.6) is 0 Å². The number of hydrogen-bond acceptors (Lipinski definition) is 4. The van der Waals surface area contributed by atoms with Crippen LogP contribution in [0.25, 0.3) is 0 Å². The number of imide groups is 1. The van der Waals surface area contributed by atoms with Gasteiger partial charge in [-0.05, 0) is 23.8 Å². The highest BCUT2D eigenvalue weighted by Gasteiger charge is 2.17. The summed E-state index contributed by atoms with van der Waals surface area (Å²) >= 11 is 1.54. The molecule has 0 saturated carbocycles. The molecule has 0 aromatic carbocycles. The summed E-state index contributed by atoms with van der Waals surface area (Å²) in [7, 11) is 0. The van der Waals surface area contributed by atoms with Gasteiger partial charge < -0.3 is 10.4 Å². The van der Waals surface area contributed by atoms with Gasteiger partial charge in [-0.1, -0.05) is 19.9 Å². The van der Waals surface area contributed by atoms with Crippen LogP contribution in [-0.2, 0) is 9.59 Å². The number of urea groups is 1. The Balaban J connectivity index is 2.42. The molecule has 3 amide bonds. The normalized spacial score (nSPS) is 13.2. The van der Waals surface area contributed by atoms with Crippen LogP contribution in [0.2, 0.25) is 0 Å². The minimum Gasteiger partial charge on any atom is -0.481 e. The lowest BCUT2D eigenvalue weighted by molar-refractivity contribution is -0.138. The van der Waals surface area contributed by atoms with Crippen molar-refractivity contribution in [3.8, 4) is 0 Å². The zero-order chi connectivity index (χ0) is 15.8. The van der Waals surface area contributed by atoms with E-state index in [1.807, 2.05) is 24.4 Å². The van der Waals surface area contributed by atoms with Gasteiger partial charge in [0.05, 0.1) is 6.04 Å². The Morgan fingerprint density at radius 1 is 1.33 bits per heavy atom. The first-order valence-corrected chi connectivity index (χ1v) is 7.65. The molecule has 0 radical (unpaired) electrons. The molecule has 0 fully saturated rings. The minimum atomic E-state index is -0.955. The highest BCUT2D eigenvalue weighted by Crippen LogP contribution is 2.21. The predicted molar refractivity (Wildman–Crippen MR) is 80.1 cm³/mol. The monoisotopic (exact) mass is 312 g/mol. The highest BCUT2D eigenvalue weighted by molar-refractivity contribution is 7.10. The molecule has 1 heterocycles. The molecule has 0 saturated heterocycles. The standard InChI is InChI=1S/C14H20N2O4S/c1-3-10(11-5-4-6-21-11)15-14(20)16-12(17)7-9(2)8-13(18)19/h4-6,9-10H,3,7-8H2,1-2H3,(H,18,19)(H2,15,16,17,20). The number of carboxylic acid groups (broad SMARTS) is 1. The van der Waals surface area contributed by atoms with Gasteiger partial charge in [0, 0.05) is 17.7 Å². The van der Waals surface area contributed by atoms with Crippen molar-refractivity contribution in [2.45, 2.75) is 39.2 Å². The molecule has 1 rings (SSSR count). The van der Waals surface area contributed by atoms with Crippen molar-refractivity contribution in [2.24, 2.45) is 5.92 Å². The van der Waals surface area contributed by atoms with Gasteiger partial charge in [0.1, 0.15) is 0 Å². The van der Waals surface area contributed by atoms with E-state index in [2.05, 4.69) is 10.6 Å². The minimum absolute atomic E-state index is 0.00944. The first kappa shape index (κ1) is 17.2. The molecule has 0 spiro atoms. The Kier molecular flexibility index (Phi) is 6.87. The molecule has 116 valence electrons. The second-order valence-electron chi connectivity index (χ2n) is 4.91. The maximum absolute atomic E-state index is 11.8. The molecule has 2 unspecified atom stereocenters. The fourth-order valence-electron chi connectivity index (χ4n) is 1.92. The Morgan fingerprint density at radius 3 is 2.57 bits per heavy atom. The zero-order valence-electron chi connectivity index (χ0n) is 12.1. The van der Waals surface area contributed by atoms with E-state index in [1.54, 1.807) is 18.3 Å². The average Bonchev–Trinajstić information content (AvgIpc) is 2.87. The third-order valence-corrected chi connectivity index (χ3v) is 3.90. The van der Waals surface area contributed by atoms with Crippen LogP contribution in [-0.4, -0.2) is 23.0 Å². The molecule has 6 nitrogen and oxygen atoms in total. The third kappa shape index (κ3) is 6.40. The first-order valence-electron chi connectivity index (χ1n) is 6.77. The molecule has 3 N–H and O–H groups in total. The van der Waals surface area contributed by atoms with Gasteiger partial charge in [0.15, 0.2) is 0 Å². The van der Waals surface area contributed by atoms with Crippen molar-refractivity contribution in [2.75, 3.05) is 0 Å². The second kappa shape index (κ2) is 8.41. The topological polar surface area (TPSA) is 95.5 Å². The summed E-state index contributed by atoms with van der Waals surface area (Å²) in [5, 5.41) is 15.5. The summed E-state index contributed by atoms with van der Waals surface area (Å²) in [6, 6.07) is 3.15. The second-order valence-corrected chi connectivity index (χ2v) is 5.88. The average molecular weight is 312 g/mol. The lowest BCUT2D eigenvalue weighted by Gasteiger charge is -2.16. The molecule has 0 aliphatic rings. The molecule has 0 aliphatic heterocycles. The quantitative estimate of drug-likeness (QED) is 0.721. The van der Waals surface area contributed by atoms with Crippen molar-refractivity contribution >= 4 is 29.2 Å². The number of amides is 3. The van der Waals surface area contributed by atoms with E-state index in [0.29, 0.717) is 0 Å². The van der Waals surface area contributed by atoms with Crippen LogP contribution in [0.1, 0.15) is 44.0 Å². The van der Waals surface area contributed by atoms with Gasteiger partial charge in [0.2, 0.25) is 5.91 Å². The van der Waals surface area contributed by atoms with Crippen molar-refractivity contribution in [1.82, 2.24) is 10.6 Å². The summed E-state index contributed by atoms with van der Waals surface area (Å²) in [5.74, 6) is -1.74. The molecule has 1 aromatic heterocycles. The maximum Gasteiger partial charge on any atom is 0.321 e. The molecule has 0 aliphatic carbocycles. The number of carbonyl (C=O) groups excluding carboxylic acids is 2. The van der Waals surface area contributed by atoms with E-state index >= 15 is 0 Å².